The Bertz CT molecular complexity index is 956. The minimum atomic E-state index is -3.89. The minimum Gasteiger partial charge on any atom is -0.353 e. The monoisotopic (exact) mass is 466 g/mol. The lowest BCUT2D eigenvalue weighted by Crippen LogP contribution is -2.47. The highest BCUT2D eigenvalue weighted by atomic mass is 32.2. The lowest BCUT2D eigenvalue weighted by atomic mass is 10.1. The lowest BCUT2D eigenvalue weighted by molar-refractivity contribution is -0.122. The lowest BCUT2D eigenvalue weighted by Gasteiger charge is -2.30. The van der Waals surface area contributed by atoms with Gasteiger partial charge in [-0.3, -0.25) is 14.5 Å². The van der Waals surface area contributed by atoms with Crippen LogP contribution >= 0.6 is 11.3 Å². The van der Waals surface area contributed by atoms with Crippen LogP contribution in [0.3, 0.4) is 0 Å². The molecule has 0 fully saturated rings. The number of sulfonamides is 1. The Labute approximate surface area is 188 Å². The number of likely N-dealkylation sites (N-methyl/N-ethyl adjacent to an activating group) is 1. The van der Waals surface area contributed by atoms with Gasteiger partial charge in [-0.25, -0.2) is 8.42 Å². The summed E-state index contributed by atoms with van der Waals surface area (Å²) in [6.45, 7) is 9.07. The molecule has 0 aliphatic carbocycles. The maximum absolute atomic E-state index is 12.6. The van der Waals surface area contributed by atoms with E-state index in [1.807, 2.05) is 11.4 Å². The summed E-state index contributed by atoms with van der Waals surface area (Å²) in [4.78, 5) is 25.9. The van der Waals surface area contributed by atoms with Gasteiger partial charge in [-0.1, -0.05) is 13.8 Å². The van der Waals surface area contributed by atoms with E-state index in [-0.39, 0.29) is 16.8 Å². The molecule has 0 aliphatic rings. The first-order chi connectivity index (χ1) is 14.7. The van der Waals surface area contributed by atoms with Crippen molar-refractivity contribution in [1.29, 1.82) is 0 Å². The van der Waals surface area contributed by atoms with Crippen molar-refractivity contribution >= 4 is 38.9 Å². The van der Waals surface area contributed by atoms with Crippen LogP contribution in [0.1, 0.15) is 39.3 Å². The van der Waals surface area contributed by atoms with Gasteiger partial charge < -0.3 is 10.6 Å². The first-order valence-corrected chi connectivity index (χ1v) is 12.5. The van der Waals surface area contributed by atoms with Crippen LogP contribution < -0.4 is 15.4 Å². The van der Waals surface area contributed by atoms with E-state index in [2.05, 4.69) is 39.5 Å². The third-order valence-corrected chi connectivity index (χ3v) is 7.12. The number of amides is 2. The number of carbonyl (C=O) groups is 2. The number of carbonyl (C=O) groups excluding carboxylic acids is 2. The number of benzene rings is 1. The molecule has 8 nitrogen and oxygen atoms in total. The number of hydrogen-bond donors (Lipinski definition) is 3. The molecule has 0 bridgehead atoms. The molecule has 1 aromatic carbocycles. The third-order valence-electron chi connectivity index (χ3n) is 4.86. The Balaban J connectivity index is 2.01. The van der Waals surface area contributed by atoms with Crippen LogP contribution in [0.5, 0.6) is 0 Å². The highest BCUT2D eigenvalue weighted by molar-refractivity contribution is 7.89. The van der Waals surface area contributed by atoms with Gasteiger partial charge in [0.15, 0.2) is 0 Å². The second-order valence-electron chi connectivity index (χ2n) is 7.09. The zero-order valence-electron chi connectivity index (χ0n) is 18.2. The van der Waals surface area contributed by atoms with E-state index in [0.717, 1.165) is 18.7 Å². The van der Waals surface area contributed by atoms with Crippen molar-refractivity contribution < 1.29 is 18.0 Å². The fourth-order valence-corrected chi connectivity index (χ4v) is 5.12. The average molecular weight is 467 g/mol. The van der Waals surface area contributed by atoms with Gasteiger partial charge in [-0.05, 0) is 66.7 Å². The zero-order chi connectivity index (χ0) is 23.0. The summed E-state index contributed by atoms with van der Waals surface area (Å²) in [5.41, 5.74) is 1.62. The molecule has 2 rings (SSSR count). The van der Waals surface area contributed by atoms with Crippen LogP contribution in [-0.2, 0) is 19.6 Å². The predicted octanol–water partition coefficient (Wildman–Crippen LogP) is 2.57. The molecule has 3 N–H and O–H groups in total. The molecule has 1 heterocycles. The van der Waals surface area contributed by atoms with Gasteiger partial charge in [0, 0.05) is 19.2 Å². The van der Waals surface area contributed by atoms with E-state index in [4.69, 9.17) is 0 Å². The second-order valence-corrected chi connectivity index (χ2v) is 9.58. The summed E-state index contributed by atoms with van der Waals surface area (Å²) in [7, 11) is -3.89. The highest BCUT2D eigenvalue weighted by Crippen LogP contribution is 2.22. The van der Waals surface area contributed by atoms with E-state index < -0.39 is 22.0 Å². The molecule has 2 aromatic rings. The van der Waals surface area contributed by atoms with Crippen LogP contribution in [0, 0.1) is 0 Å². The van der Waals surface area contributed by atoms with E-state index in [1.165, 1.54) is 38.1 Å². The van der Waals surface area contributed by atoms with Crippen LogP contribution in [-0.4, -0.2) is 50.8 Å². The van der Waals surface area contributed by atoms with E-state index in [1.54, 1.807) is 11.3 Å². The van der Waals surface area contributed by atoms with Crippen molar-refractivity contribution in [3.63, 3.8) is 0 Å². The van der Waals surface area contributed by atoms with Crippen LogP contribution in [0.15, 0.2) is 46.0 Å². The first-order valence-electron chi connectivity index (χ1n) is 10.1. The van der Waals surface area contributed by atoms with E-state index >= 15 is 0 Å². The number of rotatable bonds is 11. The zero-order valence-corrected chi connectivity index (χ0v) is 19.8. The first kappa shape index (κ1) is 25.0. The van der Waals surface area contributed by atoms with Crippen LogP contribution in [0.2, 0.25) is 0 Å². The fraction of sp³-hybridized carbons (Fsp3) is 0.429. The largest absolute Gasteiger partial charge is 0.353 e. The maximum Gasteiger partial charge on any atom is 0.241 e. The smallest absolute Gasteiger partial charge is 0.241 e. The SMILES string of the molecule is CCN(CC)C(CNC(=O)[C@H](C)NS(=O)(=O)c1ccc(NC(C)=O)cc1)c1ccsc1. The second kappa shape index (κ2) is 11.4. The Hall–Kier alpha value is -2.27. The molecular formula is C21H30N4O4S2. The van der Waals surface area contributed by atoms with E-state index in [9.17, 15) is 18.0 Å². The Morgan fingerprint density at radius 1 is 1.10 bits per heavy atom. The number of nitrogens with one attached hydrogen (secondary N) is 3. The summed E-state index contributed by atoms with van der Waals surface area (Å²) in [6.07, 6.45) is 0. The molecular weight excluding hydrogens is 436 g/mol. The Morgan fingerprint density at radius 3 is 2.26 bits per heavy atom. The summed E-state index contributed by atoms with van der Waals surface area (Å²) < 4.78 is 27.7. The highest BCUT2D eigenvalue weighted by Gasteiger charge is 2.24. The topological polar surface area (TPSA) is 108 Å². The summed E-state index contributed by atoms with van der Waals surface area (Å²) in [5, 5.41) is 9.52. The van der Waals surface area contributed by atoms with Crippen LogP contribution in [0.4, 0.5) is 5.69 Å². The number of nitrogens with zero attached hydrogens (tertiary/aromatic N) is 1. The fourth-order valence-electron chi connectivity index (χ4n) is 3.21. The molecule has 2 atom stereocenters. The molecule has 2 amide bonds. The summed E-state index contributed by atoms with van der Waals surface area (Å²) in [6, 6.07) is 6.87. The minimum absolute atomic E-state index is 0.0144. The predicted molar refractivity (Wildman–Crippen MR) is 124 cm³/mol. The molecule has 170 valence electrons. The van der Waals surface area contributed by atoms with E-state index in [0.29, 0.717) is 12.2 Å². The summed E-state index contributed by atoms with van der Waals surface area (Å²) >= 11 is 1.60. The molecule has 10 heteroatoms. The van der Waals surface area contributed by atoms with Gasteiger partial charge in [-0.2, -0.15) is 16.1 Å². The maximum atomic E-state index is 12.6. The summed E-state index contributed by atoms with van der Waals surface area (Å²) in [5.74, 6) is -0.643. The molecule has 0 saturated heterocycles. The van der Waals surface area contributed by atoms with Crippen molar-refractivity contribution in [2.24, 2.45) is 0 Å². The van der Waals surface area contributed by atoms with Crippen molar-refractivity contribution in [2.45, 2.75) is 44.7 Å². The van der Waals surface area contributed by atoms with Gasteiger partial charge in [0.1, 0.15) is 0 Å². The molecule has 0 aliphatic heterocycles. The molecule has 0 spiro atoms. The van der Waals surface area contributed by atoms with Crippen LogP contribution in [0.25, 0.3) is 0 Å². The van der Waals surface area contributed by atoms with Crippen molar-refractivity contribution in [1.82, 2.24) is 14.9 Å². The van der Waals surface area contributed by atoms with Gasteiger partial charge >= 0.3 is 0 Å². The molecule has 1 aromatic heterocycles. The molecule has 0 saturated carbocycles. The van der Waals surface area contributed by atoms with Crippen molar-refractivity contribution in [2.75, 3.05) is 25.0 Å². The molecule has 1 unspecified atom stereocenters. The van der Waals surface area contributed by atoms with Gasteiger partial charge in [0.2, 0.25) is 21.8 Å². The number of hydrogen-bond acceptors (Lipinski definition) is 6. The Morgan fingerprint density at radius 2 is 1.74 bits per heavy atom. The van der Waals surface area contributed by atoms with Gasteiger partial charge in [-0.15, -0.1) is 0 Å². The Kier molecular flexibility index (Phi) is 9.17. The quantitative estimate of drug-likeness (QED) is 0.472. The number of thiophene rings is 1. The standard InChI is InChI=1S/C21H30N4O4S2/c1-5-25(6-2)20(17-11-12-30-14-17)13-22-21(27)15(3)24-31(28,29)19-9-7-18(8-10-19)23-16(4)26/h7-12,14-15,20,24H,5-6,13H2,1-4H3,(H,22,27)(H,23,26)/t15-,20?/m0/s1. The molecule has 0 radical (unpaired) electrons. The van der Waals surface area contributed by atoms with Crippen molar-refractivity contribution in [3.05, 3.63) is 46.7 Å². The number of anilines is 1. The normalized spacial score (nSPS) is 13.6. The van der Waals surface area contributed by atoms with Gasteiger partial charge in [0.05, 0.1) is 17.0 Å². The van der Waals surface area contributed by atoms with Gasteiger partial charge in [0.25, 0.3) is 0 Å². The molecule has 31 heavy (non-hydrogen) atoms. The third kappa shape index (κ3) is 7.13. The van der Waals surface area contributed by atoms with Crippen molar-refractivity contribution in [3.8, 4) is 0 Å². The average Bonchev–Trinajstić information content (AvgIpc) is 3.25.